The molecular weight excluding hydrogens is 418 g/mol. The van der Waals surface area contributed by atoms with E-state index in [2.05, 4.69) is 65.9 Å². The van der Waals surface area contributed by atoms with Crippen LogP contribution in [0.1, 0.15) is 97.0 Å². The van der Waals surface area contributed by atoms with E-state index < -0.39 is 11.2 Å². The van der Waals surface area contributed by atoms with Crippen LogP contribution in [0.4, 0.5) is 0 Å². The van der Waals surface area contributed by atoms with Crippen LogP contribution in [0, 0.1) is 16.0 Å². The predicted octanol–water partition coefficient (Wildman–Crippen LogP) is 7.49. The van der Waals surface area contributed by atoms with Gasteiger partial charge in [-0.2, -0.15) is 0 Å². The predicted molar refractivity (Wildman–Crippen MR) is 134 cm³/mol. The molecule has 1 aliphatic carbocycles. The molecule has 1 aromatic carbocycles. The molecule has 1 aromatic rings. The van der Waals surface area contributed by atoms with Crippen LogP contribution in [0.25, 0.3) is 0 Å². The summed E-state index contributed by atoms with van der Waals surface area (Å²) >= 11 is 0. The number of rotatable bonds is 14. The molecule has 0 aromatic heterocycles. The fraction of sp³-hybridized carbons (Fsp3) is 0.667. The number of unbranched alkanes of at least 4 members (excludes halogenated alkanes) is 4. The summed E-state index contributed by atoms with van der Waals surface area (Å²) in [6.07, 6.45) is 20.5. The van der Waals surface area contributed by atoms with Gasteiger partial charge in [0.05, 0.1) is 0 Å². The van der Waals surface area contributed by atoms with Crippen molar-refractivity contribution < 1.29 is 19.5 Å². The van der Waals surface area contributed by atoms with Crippen LogP contribution in [-0.2, 0) is 20.8 Å². The van der Waals surface area contributed by atoms with Crippen LogP contribution in [0.5, 0.6) is 0 Å². The third-order valence-corrected chi connectivity index (χ3v) is 5.52. The number of nitrogens with zero attached hydrogens (tertiary/aromatic N) is 1. The largest absolute Gasteiger partial charge is 0.466 e. The minimum Gasteiger partial charge on any atom is -0.466 e. The van der Waals surface area contributed by atoms with Crippen molar-refractivity contribution in [1.29, 1.82) is 0 Å². The van der Waals surface area contributed by atoms with Crippen molar-refractivity contribution in [3.05, 3.63) is 58.2 Å². The van der Waals surface area contributed by atoms with E-state index >= 15 is 0 Å². The lowest BCUT2D eigenvalue weighted by atomic mass is 9.98. The maximum atomic E-state index is 9.61. The van der Waals surface area contributed by atoms with E-state index in [1.807, 2.05) is 0 Å². The Hall–Kier alpha value is -2.37. The number of hydrogen-bond acceptors (Lipinski definition) is 5. The molecule has 1 fully saturated rings. The maximum Gasteiger partial charge on any atom is 0.294 e. The molecule has 1 unspecified atom stereocenters. The lowest BCUT2D eigenvalue weighted by Crippen LogP contribution is -2.18. The van der Waals surface area contributed by atoms with Gasteiger partial charge in [0.15, 0.2) is 0 Å². The summed E-state index contributed by atoms with van der Waals surface area (Å²) in [4.78, 5) is 23.2. The molecule has 2 rings (SSSR count). The molecular formula is C27H45NO5. The summed E-state index contributed by atoms with van der Waals surface area (Å²) in [6.45, 7) is 5.80. The normalized spacial score (nSPS) is 13.9. The summed E-state index contributed by atoms with van der Waals surface area (Å²) < 4.78 is 4.19. The zero-order valence-corrected chi connectivity index (χ0v) is 21.0. The Bertz CT molecular complexity index is 600. The van der Waals surface area contributed by atoms with Gasteiger partial charge in [-0.3, -0.25) is 4.79 Å². The molecule has 0 radical (unpaired) electrons. The fourth-order valence-electron chi connectivity index (χ4n) is 3.72. The quantitative estimate of drug-likeness (QED) is 0.0939. The molecule has 6 nitrogen and oxygen atoms in total. The summed E-state index contributed by atoms with van der Waals surface area (Å²) in [7, 11) is 0. The van der Waals surface area contributed by atoms with E-state index in [0.717, 1.165) is 5.92 Å². The molecule has 6 heteroatoms. The average molecular weight is 464 g/mol. The van der Waals surface area contributed by atoms with Crippen molar-refractivity contribution in [3.8, 4) is 0 Å². The smallest absolute Gasteiger partial charge is 0.294 e. The molecule has 0 bridgehead atoms. The second kappa shape index (κ2) is 22.8. The van der Waals surface area contributed by atoms with Gasteiger partial charge in [-0.1, -0.05) is 107 Å². The number of ether oxygens (including phenoxy) is 1. The lowest BCUT2D eigenvalue weighted by Gasteiger charge is -2.07. The Morgan fingerprint density at radius 2 is 1.82 bits per heavy atom. The highest BCUT2D eigenvalue weighted by Crippen LogP contribution is 2.29. The van der Waals surface area contributed by atoms with Gasteiger partial charge in [0, 0.05) is 0 Å². The van der Waals surface area contributed by atoms with Crippen LogP contribution in [0.3, 0.4) is 0 Å². The third kappa shape index (κ3) is 21.2. The second-order valence-electron chi connectivity index (χ2n) is 8.52. The average Bonchev–Trinajstić information content (AvgIpc) is 3.33. The van der Waals surface area contributed by atoms with E-state index in [1.165, 1.54) is 89.5 Å². The van der Waals surface area contributed by atoms with E-state index in [4.69, 9.17) is 0 Å². The maximum absolute atomic E-state index is 9.61. The van der Waals surface area contributed by atoms with Crippen LogP contribution in [-0.4, -0.2) is 24.3 Å². The molecule has 1 aliphatic rings. The van der Waals surface area contributed by atoms with E-state index in [9.17, 15) is 14.9 Å². The first-order valence-corrected chi connectivity index (χ1v) is 12.5. The molecule has 0 saturated heterocycles. The van der Waals surface area contributed by atoms with Gasteiger partial charge in [-0.15, -0.1) is 10.1 Å². The van der Waals surface area contributed by atoms with Gasteiger partial charge in [-0.25, -0.2) is 0 Å². The fourth-order valence-corrected chi connectivity index (χ4v) is 3.72. The number of carbonyl (C=O) groups is 1. The minimum absolute atomic E-state index is 0.107. The summed E-state index contributed by atoms with van der Waals surface area (Å²) in [5.74, 6) is 1.08. The first kappa shape index (κ1) is 30.6. The molecule has 1 atom stereocenters. The molecule has 188 valence electrons. The molecule has 1 saturated carbocycles. The van der Waals surface area contributed by atoms with E-state index in [-0.39, 0.29) is 13.1 Å². The van der Waals surface area contributed by atoms with Crippen LogP contribution >= 0.6 is 0 Å². The standard InChI is InChI=1S/C16H24.C7H14.C4H7NO5/c1-3-9-15(10-4-1)11-5-2-6-12-16-13-7-8-14-16;1-3-5-7-6-4-2;1-4(2-9-3-6)10-5(7)8/h1,3-4,9-10,16H,2,5-8,11-14H2;3,5H,4,6-7H2,1-2H3;3-4H,2H2,1H3/b;5-3-;. The Morgan fingerprint density at radius 1 is 1.12 bits per heavy atom. The molecule has 0 amide bonds. The van der Waals surface area contributed by atoms with E-state index in [0.29, 0.717) is 0 Å². The van der Waals surface area contributed by atoms with Crippen LogP contribution in [0.15, 0.2) is 42.5 Å². The number of allylic oxidation sites excluding steroid dienone is 2. The minimum atomic E-state index is -0.932. The van der Waals surface area contributed by atoms with Crippen molar-refractivity contribution in [1.82, 2.24) is 0 Å². The summed E-state index contributed by atoms with van der Waals surface area (Å²) in [6, 6.07) is 10.9. The van der Waals surface area contributed by atoms with Gasteiger partial charge >= 0.3 is 0 Å². The highest BCUT2D eigenvalue weighted by Gasteiger charge is 2.13. The summed E-state index contributed by atoms with van der Waals surface area (Å²) in [5, 5.41) is 8.68. The highest BCUT2D eigenvalue weighted by molar-refractivity contribution is 5.36. The monoisotopic (exact) mass is 463 g/mol. The second-order valence-corrected chi connectivity index (χ2v) is 8.52. The third-order valence-electron chi connectivity index (χ3n) is 5.52. The van der Waals surface area contributed by atoms with Gasteiger partial charge in [0.1, 0.15) is 12.7 Å². The molecule has 0 N–H and O–H groups in total. The van der Waals surface area contributed by atoms with Crippen molar-refractivity contribution in [3.63, 3.8) is 0 Å². The van der Waals surface area contributed by atoms with Crippen molar-refractivity contribution in [2.24, 2.45) is 5.92 Å². The number of aryl methyl sites for hydroxylation is 1. The number of benzene rings is 1. The number of hydrogen-bond donors (Lipinski definition) is 0. The van der Waals surface area contributed by atoms with E-state index in [1.54, 1.807) is 0 Å². The zero-order chi connectivity index (χ0) is 24.6. The Balaban J connectivity index is 0.000000519. The highest BCUT2D eigenvalue weighted by atomic mass is 17.0. The van der Waals surface area contributed by atoms with Crippen LogP contribution < -0.4 is 0 Å². The molecule has 0 heterocycles. The van der Waals surface area contributed by atoms with Gasteiger partial charge < -0.3 is 9.57 Å². The Labute approximate surface area is 200 Å². The van der Waals surface area contributed by atoms with Crippen molar-refractivity contribution in [2.75, 3.05) is 6.61 Å². The van der Waals surface area contributed by atoms with Gasteiger partial charge in [0.25, 0.3) is 11.6 Å². The first-order valence-electron chi connectivity index (χ1n) is 12.5. The molecule has 0 aliphatic heterocycles. The topological polar surface area (TPSA) is 78.7 Å². The SMILES string of the molecule is C/C=C\CCCC.CC(COC=O)O[N+](=O)[O-].c1ccc(CCCCCC2CCCC2)cc1. The Morgan fingerprint density at radius 3 is 2.39 bits per heavy atom. The Kier molecular flexibility index (Phi) is 21.2. The zero-order valence-electron chi connectivity index (χ0n) is 21.0. The molecule has 0 spiro atoms. The van der Waals surface area contributed by atoms with Crippen LogP contribution in [0.2, 0.25) is 0 Å². The number of carbonyl (C=O) groups excluding carboxylic acids is 1. The molecule has 33 heavy (non-hydrogen) atoms. The van der Waals surface area contributed by atoms with Gasteiger partial charge in [0.2, 0.25) is 0 Å². The summed E-state index contributed by atoms with van der Waals surface area (Å²) in [5.41, 5.74) is 1.50. The lowest BCUT2D eigenvalue weighted by molar-refractivity contribution is -0.767. The van der Waals surface area contributed by atoms with Gasteiger partial charge in [-0.05, 0) is 44.6 Å². The van der Waals surface area contributed by atoms with Crippen molar-refractivity contribution in [2.45, 2.75) is 104 Å². The van der Waals surface area contributed by atoms with Crippen molar-refractivity contribution >= 4 is 6.47 Å². The first-order chi connectivity index (χ1) is 16.0.